The van der Waals surface area contributed by atoms with Crippen LogP contribution in [0.1, 0.15) is 39.0 Å². The molecular formula is C22H21N3O. The lowest BCUT2D eigenvalue weighted by Crippen LogP contribution is -2.14. The zero-order valence-electron chi connectivity index (χ0n) is 15.0. The Morgan fingerprint density at radius 1 is 0.962 bits per heavy atom. The number of aryl methyl sites for hydroxylation is 4. The quantitative estimate of drug-likeness (QED) is 0.762. The minimum absolute atomic E-state index is 0.168. The fourth-order valence-electron chi connectivity index (χ4n) is 3.57. The highest BCUT2D eigenvalue weighted by Gasteiger charge is 2.15. The second-order valence-corrected chi connectivity index (χ2v) is 6.85. The van der Waals surface area contributed by atoms with Crippen molar-refractivity contribution in [3.8, 4) is 11.3 Å². The molecule has 1 N–H and O–H groups in total. The van der Waals surface area contributed by atoms with Crippen molar-refractivity contribution in [3.63, 3.8) is 0 Å². The van der Waals surface area contributed by atoms with Gasteiger partial charge in [-0.3, -0.25) is 9.78 Å². The summed E-state index contributed by atoms with van der Waals surface area (Å²) in [5.74, 6) is 0.291. The van der Waals surface area contributed by atoms with Gasteiger partial charge in [0.1, 0.15) is 0 Å². The molecule has 26 heavy (non-hydrogen) atoms. The van der Waals surface area contributed by atoms with Crippen LogP contribution in [-0.2, 0) is 12.8 Å². The minimum atomic E-state index is -0.168. The number of nitrogens with zero attached hydrogens (tertiary/aromatic N) is 2. The second kappa shape index (κ2) is 6.71. The Morgan fingerprint density at radius 3 is 2.46 bits per heavy atom. The third kappa shape index (κ3) is 3.10. The Labute approximate surface area is 153 Å². The molecule has 0 unspecified atom stereocenters. The molecule has 4 rings (SSSR count). The molecule has 3 aromatic rings. The Morgan fingerprint density at radius 2 is 1.73 bits per heavy atom. The minimum Gasteiger partial charge on any atom is -0.305 e. The van der Waals surface area contributed by atoms with Crippen LogP contribution in [0.4, 0.5) is 5.82 Å². The van der Waals surface area contributed by atoms with Gasteiger partial charge in [-0.2, -0.15) is 0 Å². The summed E-state index contributed by atoms with van der Waals surface area (Å²) >= 11 is 0. The number of anilines is 1. The number of hydrogen-bond acceptors (Lipinski definition) is 3. The summed E-state index contributed by atoms with van der Waals surface area (Å²) in [6.45, 7) is 4.03. The first-order valence-corrected chi connectivity index (χ1v) is 8.93. The number of hydrogen-bond donors (Lipinski definition) is 1. The van der Waals surface area contributed by atoms with E-state index in [1.807, 2.05) is 25.1 Å². The van der Waals surface area contributed by atoms with Crippen LogP contribution in [0.2, 0.25) is 0 Å². The molecule has 4 heteroatoms. The number of carbonyl (C=O) groups excluding carboxylic acids is 1. The smallest absolute Gasteiger partial charge is 0.257 e. The van der Waals surface area contributed by atoms with Gasteiger partial charge in [0.2, 0.25) is 0 Å². The van der Waals surface area contributed by atoms with Gasteiger partial charge in [-0.15, -0.1) is 0 Å². The first-order chi connectivity index (χ1) is 12.6. The number of carbonyl (C=O) groups is 1. The number of rotatable bonds is 3. The standard InChI is InChI=1S/C22H21N3O/c1-14-6-3-4-9-18(14)22(26)25-21-13-23-20(12-24-21)19-11-17-8-5-7-16(17)10-15(19)2/h3-4,6,9-13H,5,7-8H2,1-2H3,(H,24,25,26). The highest BCUT2D eigenvalue weighted by molar-refractivity contribution is 6.04. The SMILES string of the molecule is Cc1ccccc1C(=O)Nc1cnc(-c2cc3c(cc2C)CCC3)cn1. The maximum Gasteiger partial charge on any atom is 0.257 e. The molecule has 1 aromatic heterocycles. The summed E-state index contributed by atoms with van der Waals surface area (Å²) in [5, 5.41) is 2.82. The van der Waals surface area contributed by atoms with E-state index in [-0.39, 0.29) is 5.91 Å². The summed E-state index contributed by atoms with van der Waals surface area (Å²) in [6, 6.07) is 12.0. The van der Waals surface area contributed by atoms with E-state index in [9.17, 15) is 4.79 Å². The van der Waals surface area contributed by atoms with E-state index in [0.29, 0.717) is 11.4 Å². The molecule has 0 saturated heterocycles. The van der Waals surface area contributed by atoms with Gasteiger partial charge in [-0.05, 0) is 67.5 Å². The molecule has 0 bridgehead atoms. The van der Waals surface area contributed by atoms with Crippen LogP contribution < -0.4 is 5.32 Å². The van der Waals surface area contributed by atoms with E-state index in [1.54, 1.807) is 18.5 Å². The van der Waals surface area contributed by atoms with Crippen molar-refractivity contribution in [1.29, 1.82) is 0 Å². The van der Waals surface area contributed by atoms with Crippen molar-refractivity contribution < 1.29 is 4.79 Å². The topological polar surface area (TPSA) is 54.9 Å². The molecule has 0 aliphatic heterocycles. The van der Waals surface area contributed by atoms with Crippen molar-refractivity contribution in [3.05, 3.63) is 76.6 Å². The number of nitrogens with one attached hydrogen (secondary N) is 1. The van der Waals surface area contributed by atoms with Gasteiger partial charge in [0.25, 0.3) is 5.91 Å². The average Bonchev–Trinajstić information content (AvgIpc) is 3.09. The van der Waals surface area contributed by atoms with Crippen LogP contribution in [0.15, 0.2) is 48.8 Å². The number of fused-ring (bicyclic) bond motifs is 1. The van der Waals surface area contributed by atoms with Gasteiger partial charge in [0, 0.05) is 11.1 Å². The van der Waals surface area contributed by atoms with E-state index in [0.717, 1.165) is 23.2 Å². The van der Waals surface area contributed by atoms with E-state index in [4.69, 9.17) is 0 Å². The van der Waals surface area contributed by atoms with Crippen LogP contribution in [0.5, 0.6) is 0 Å². The maximum absolute atomic E-state index is 12.4. The van der Waals surface area contributed by atoms with Gasteiger partial charge in [0.15, 0.2) is 5.82 Å². The summed E-state index contributed by atoms with van der Waals surface area (Å²) in [5.41, 5.74) is 7.64. The second-order valence-electron chi connectivity index (χ2n) is 6.85. The van der Waals surface area contributed by atoms with Crippen molar-refractivity contribution in [2.45, 2.75) is 33.1 Å². The number of amides is 1. The van der Waals surface area contributed by atoms with Crippen molar-refractivity contribution in [2.24, 2.45) is 0 Å². The Kier molecular flexibility index (Phi) is 4.25. The zero-order chi connectivity index (χ0) is 18.1. The summed E-state index contributed by atoms with van der Waals surface area (Å²) in [6.07, 6.45) is 6.90. The highest BCUT2D eigenvalue weighted by Crippen LogP contribution is 2.30. The molecule has 0 spiro atoms. The average molecular weight is 343 g/mol. The van der Waals surface area contributed by atoms with Crippen LogP contribution in [0, 0.1) is 13.8 Å². The number of benzene rings is 2. The lowest BCUT2D eigenvalue weighted by atomic mass is 9.99. The van der Waals surface area contributed by atoms with Gasteiger partial charge in [-0.25, -0.2) is 4.98 Å². The third-order valence-electron chi connectivity index (χ3n) is 5.00. The molecule has 0 fully saturated rings. The molecule has 0 saturated carbocycles. The predicted octanol–water partition coefficient (Wildman–Crippen LogP) is 4.50. The molecule has 4 nitrogen and oxygen atoms in total. The molecule has 0 radical (unpaired) electrons. The van der Waals surface area contributed by atoms with Crippen molar-refractivity contribution in [2.75, 3.05) is 5.32 Å². The lowest BCUT2D eigenvalue weighted by Gasteiger charge is -2.10. The molecule has 1 heterocycles. The first kappa shape index (κ1) is 16.5. The van der Waals surface area contributed by atoms with Crippen LogP contribution in [0.3, 0.4) is 0 Å². The molecule has 1 aliphatic rings. The van der Waals surface area contributed by atoms with E-state index >= 15 is 0 Å². The predicted molar refractivity (Wildman–Crippen MR) is 103 cm³/mol. The van der Waals surface area contributed by atoms with Crippen LogP contribution in [0.25, 0.3) is 11.3 Å². The van der Waals surface area contributed by atoms with Crippen LogP contribution >= 0.6 is 0 Å². The Balaban J connectivity index is 1.56. The molecule has 130 valence electrons. The van der Waals surface area contributed by atoms with Gasteiger partial charge in [0.05, 0.1) is 18.1 Å². The Bertz CT molecular complexity index is 977. The molecule has 1 amide bonds. The molecular weight excluding hydrogens is 322 g/mol. The van der Waals surface area contributed by atoms with E-state index in [2.05, 4.69) is 34.3 Å². The highest BCUT2D eigenvalue weighted by atomic mass is 16.1. The largest absolute Gasteiger partial charge is 0.305 e. The third-order valence-corrected chi connectivity index (χ3v) is 5.00. The van der Waals surface area contributed by atoms with E-state index < -0.39 is 0 Å². The fourth-order valence-corrected chi connectivity index (χ4v) is 3.57. The van der Waals surface area contributed by atoms with Crippen molar-refractivity contribution in [1.82, 2.24) is 9.97 Å². The van der Waals surface area contributed by atoms with E-state index in [1.165, 1.54) is 29.5 Å². The maximum atomic E-state index is 12.4. The van der Waals surface area contributed by atoms with Gasteiger partial charge >= 0.3 is 0 Å². The summed E-state index contributed by atoms with van der Waals surface area (Å²) in [4.78, 5) is 21.3. The van der Waals surface area contributed by atoms with Crippen molar-refractivity contribution >= 4 is 11.7 Å². The van der Waals surface area contributed by atoms with Crippen LogP contribution in [-0.4, -0.2) is 15.9 Å². The normalized spacial score (nSPS) is 12.7. The first-order valence-electron chi connectivity index (χ1n) is 8.93. The fraction of sp³-hybridized carbons (Fsp3) is 0.227. The summed E-state index contributed by atoms with van der Waals surface area (Å²) in [7, 11) is 0. The molecule has 0 atom stereocenters. The van der Waals surface area contributed by atoms with Gasteiger partial charge < -0.3 is 5.32 Å². The zero-order valence-corrected chi connectivity index (χ0v) is 15.0. The Hall–Kier alpha value is -3.01. The monoisotopic (exact) mass is 343 g/mol. The lowest BCUT2D eigenvalue weighted by molar-refractivity contribution is 0.102. The summed E-state index contributed by atoms with van der Waals surface area (Å²) < 4.78 is 0. The molecule has 2 aromatic carbocycles. The molecule has 1 aliphatic carbocycles. The number of aromatic nitrogens is 2. The van der Waals surface area contributed by atoms with Gasteiger partial charge in [-0.1, -0.05) is 24.3 Å².